The van der Waals surface area contributed by atoms with Gasteiger partial charge in [0.1, 0.15) is 36.6 Å². The van der Waals surface area contributed by atoms with Crippen molar-refractivity contribution in [2.75, 3.05) is 52.9 Å². The van der Waals surface area contributed by atoms with Gasteiger partial charge >= 0.3 is 17.9 Å². The van der Waals surface area contributed by atoms with E-state index in [4.69, 9.17) is 50.7 Å². The Bertz CT molecular complexity index is 576. The zero-order chi connectivity index (χ0) is 30.9. The van der Waals surface area contributed by atoms with Crippen molar-refractivity contribution in [2.45, 2.75) is 40.0 Å². The van der Waals surface area contributed by atoms with Gasteiger partial charge in [-0.2, -0.15) is 0 Å². The van der Waals surface area contributed by atoms with E-state index in [1.54, 1.807) is 0 Å². The minimum atomic E-state index is -1.16. The fraction of sp³-hybridized carbons (Fsp3) is 0.727. The van der Waals surface area contributed by atoms with Crippen LogP contribution < -0.4 is 0 Å². The molecule has 0 aromatic heterocycles. The number of Topliss-reactive ketones (excluding diaryl/α,β-unsaturated/α-hetero) is 3. The van der Waals surface area contributed by atoms with Crippen molar-refractivity contribution in [1.29, 1.82) is 0 Å². The first-order valence-electron chi connectivity index (χ1n) is 10.8. The van der Waals surface area contributed by atoms with Crippen LogP contribution in [0.4, 0.5) is 0 Å². The molecule has 224 valence electrons. The molecule has 0 saturated carbocycles. The highest BCUT2D eigenvalue weighted by molar-refractivity contribution is 5.93. The van der Waals surface area contributed by atoms with E-state index in [1.807, 2.05) is 0 Å². The number of aliphatic hydroxyl groups is 6. The first-order chi connectivity index (χ1) is 17.4. The Hall–Kier alpha value is -2.86. The van der Waals surface area contributed by atoms with Crippen LogP contribution in [0.25, 0.3) is 0 Å². The lowest BCUT2D eigenvalue weighted by molar-refractivity contribution is -0.141. The number of carbonyl (C=O) groups is 6. The van der Waals surface area contributed by atoms with E-state index in [-0.39, 0.29) is 49.8 Å². The van der Waals surface area contributed by atoms with E-state index in [0.29, 0.717) is 0 Å². The number of aliphatic hydroxyl groups excluding tert-OH is 6. The van der Waals surface area contributed by atoms with Crippen molar-refractivity contribution in [3.63, 3.8) is 0 Å². The van der Waals surface area contributed by atoms with E-state index >= 15 is 0 Å². The van der Waals surface area contributed by atoms with Gasteiger partial charge in [0.25, 0.3) is 0 Å². The van der Waals surface area contributed by atoms with Crippen molar-refractivity contribution in [3.05, 3.63) is 0 Å². The van der Waals surface area contributed by atoms with Crippen LogP contribution in [0.2, 0.25) is 0 Å². The monoisotopic (exact) mass is 560 g/mol. The lowest BCUT2D eigenvalue weighted by Crippen LogP contribution is -2.43. The molecular formula is C22H40O16. The fourth-order valence-corrected chi connectivity index (χ4v) is 1.70. The van der Waals surface area contributed by atoms with Crippen molar-refractivity contribution >= 4 is 35.3 Å². The number of hydrogen-bond donors (Lipinski definition) is 9. The van der Waals surface area contributed by atoms with Gasteiger partial charge in [-0.15, -0.1) is 0 Å². The first kappa shape index (κ1) is 42.2. The van der Waals surface area contributed by atoms with Crippen LogP contribution in [0.1, 0.15) is 40.0 Å². The molecule has 0 aliphatic heterocycles. The van der Waals surface area contributed by atoms with Gasteiger partial charge in [0.15, 0.2) is 0 Å². The van der Waals surface area contributed by atoms with Gasteiger partial charge in [0.2, 0.25) is 0 Å². The van der Waals surface area contributed by atoms with Crippen LogP contribution in [-0.4, -0.2) is 134 Å². The summed E-state index contributed by atoms with van der Waals surface area (Å²) in [6.45, 7) is 0.727. The molecule has 0 aromatic rings. The lowest BCUT2D eigenvalue weighted by atomic mass is 9.91. The minimum Gasteiger partial charge on any atom is -0.481 e. The highest BCUT2D eigenvalue weighted by atomic mass is 16.5. The molecule has 0 atom stereocenters. The number of ketones is 3. The smallest absolute Gasteiger partial charge is 0.310 e. The highest BCUT2D eigenvalue weighted by Gasteiger charge is 2.32. The molecule has 16 heteroatoms. The lowest BCUT2D eigenvalue weighted by Gasteiger charge is -2.31. The quantitative estimate of drug-likeness (QED) is 0.0854. The molecule has 16 nitrogen and oxygen atoms in total. The molecule has 38 heavy (non-hydrogen) atoms. The summed E-state index contributed by atoms with van der Waals surface area (Å²) in [4.78, 5) is 58.4. The molecule has 0 amide bonds. The highest BCUT2D eigenvalue weighted by Crippen LogP contribution is 2.19. The molecule has 0 radical (unpaired) electrons. The molecule has 0 saturated heterocycles. The van der Waals surface area contributed by atoms with Crippen LogP contribution in [0.5, 0.6) is 0 Å². The number of carbonyl (C=O) groups excluding carboxylic acids is 3. The summed E-state index contributed by atoms with van der Waals surface area (Å²) in [7, 11) is 0. The predicted molar refractivity (Wildman–Crippen MR) is 127 cm³/mol. The Morgan fingerprint density at radius 3 is 0.737 bits per heavy atom. The summed E-state index contributed by atoms with van der Waals surface area (Å²) in [5, 5.41) is 77.8. The minimum absolute atomic E-state index is 0.141. The topological polar surface area (TPSA) is 294 Å². The molecule has 0 heterocycles. The van der Waals surface area contributed by atoms with Gasteiger partial charge in [-0.25, -0.2) is 0 Å². The molecule has 0 bridgehead atoms. The van der Waals surface area contributed by atoms with Gasteiger partial charge in [0, 0.05) is 0 Å². The second-order valence-corrected chi connectivity index (χ2v) is 8.26. The second kappa shape index (κ2) is 24.5. The summed E-state index contributed by atoms with van der Waals surface area (Å²) in [6, 6.07) is 0. The summed E-state index contributed by atoms with van der Waals surface area (Å²) >= 11 is 0. The summed E-state index contributed by atoms with van der Waals surface area (Å²) in [6.07, 6.45) is -1.08. The van der Waals surface area contributed by atoms with Gasteiger partial charge in [-0.3, -0.25) is 28.8 Å². The maximum atomic E-state index is 9.87. The number of carboxylic acids is 3. The van der Waals surface area contributed by atoms with E-state index in [2.05, 4.69) is 0 Å². The fourth-order valence-electron chi connectivity index (χ4n) is 1.70. The Labute approximate surface area is 219 Å². The SMILES string of the molecule is CC(=O)CC(=O)O.CC(=O)CC(=O)O.CC(=O)CC(=O)O.OCC(CO)(CO)COCC(CO)(CO)CO. The summed E-state index contributed by atoms with van der Waals surface area (Å²) in [5.74, 6) is -4.12. The molecule has 0 fully saturated rings. The molecule has 0 aliphatic rings. The van der Waals surface area contributed by atoms with Gasteiger partial charge in [-0.1, -0.05) is 0 Å². The van der Waals surface area contributed by atoms with E-state index < -0.39 is 68.4 Å². The largest absolute Gasteiger partial charge is 0.481 e. The molecule has 0 aliphatic carbocycles. The standard InChI is InChI=1S/C10H22O7.3C4H6O3/c11-1-9(2-12,3-13)7-17-8-10(4-14,5-15)6-16;3*1-3(5)2-4(6)7/h11-16H,1-8H2;3*2H2,1H3,(H,6,7). The number of ether oxygens (including phenoxy) is 1. The first-order valence-corrected chi connectivity index (χ1v) is 10.8. The molecule has 0 rings (SSSR count). The van der Waals surface area contributed by atoms with Crippen LogP contribution in [-0.2, 0) is 33.5 Å². The summed E-state index contributed by atoms with van der Waals surface area (Å²) < 4.78 is 5.15. The maximum Gasteiger partial charge on any atom is 0.310 e. The van der Waals surface area contributed by atoms with E-state index in [9.17, 15) is 28.8 Å². The molecule has 9 N–H and O–H groups in total. The molecule has 0 aromatic carbocycles. The molecular weight excluding hydrogens is 520 g/mol. The Morgan fingerprint density at radius 1 is 0.474 bits per heavy atom. The van der Waals surface area contributed by atoms with Crippen molar-refractivity contribution < 1.29 is 79.5 Å². The van der Waals surface area contributed by atoms with E-state index in [1.165, 1.54) is 20.8 Å². The third-order valence-corrected chi connectivity index (χ3v) is 4.03. The Kier molecular flexibility index (Phi) is 27.2. The van der Waals surface area contributed by atoms with Gasteiger partial charge in [-0.05, 0) is 20.8 Å². The Balaban J connectivity index is -0.000000228. The normalized spacial score (nSPS) is 10.3. The van der Waals surface area contributed by atoms with Crippen LogP contribution in [0.15, 0.2) is 0 Å². The third kappa shape index (κ3) is 27.7. The molecule has 0 spiro atoms. The van der Waals surface area contributed by atoms with Crippen molar-refractivity contribution in [1.82, 2.24) is 0 Å². The molecule has 0 unspecified atom stereocenters. The van der Waals surface area contributed by atoms with Crippen molar-refractivity contribution in [2.24, 2.45) is 10.8 Å². The van der Waals surface area contributed by atoms with E-state index in [0.717, 1.165) is 0 Å². The van der Waals surface area contributed by atoms with Crippen molar-refractivity contribution in [3.8, 4) is 0 Å². The number of carboxylic acid groups (broad SMARTS) is 3. The average Bonchev–Trinajstić information content (AvgIpc) is 2.79. The van der Waals surface area contributed by atoms with Gasteiger partial charge < -0.3 is 50.7 Å². The predicted octanol–water partition coefficient (Wildman–Crippen LogP) is -2.92. The van der Waals surface area contributed by atoms with Gasteiger partial charge in [0.05, 0.1) is 63.7 Å². The zero-order valence-electron chi connectivity index (χ0n) is 21.7. The van der Waals surface area contributed by atoms with Crippen LogP contribution >= 0.6 is 0 Å². The zero-order valence-corrected chi connectivity index (χ0v) is 21.7. The second-order valence-electron chi connectivity index (χ2n) is 8.26. The Morgan fingerprint density at radius 2 is 0.658 bits per heavy atom. The number of aliphatic carboxylic acids is 3. The third-order valence-electron chi connectivity index (χ3n) is 4.03. The maximum absolute atomic E-state index is 9.87. The average molecular weight is 561 g/mol. The summed E-state index contributed by atoms with van der Waals surface area (Å²) in [5.41, 5.74) is -2.32. The number of rotatable bonds is 16. The van der Waals surface area contributed by atoms with Crippen LogP contribution in [0, 0.1) is 10.8 Å². The number of hydrogen-bond acceptors (Lipinski definition) is 13. The van der Waals surface area contributed by atoms with Crippen LogP contribution in [0.3, 0.4) is 0 Å².